The second-order valence-corrected chi connectivity index (χ2v) is 4.60. The van der Waals surface area contributed by atoms with Crippen molar-refractivity contribution in [3.05, 3.63) is 72.1 Å². The second-order valence-electron chi connectivity index (χ2n) is 4.60. The van der Waals surface area contributed by atoms with Crippen LogP contribution in [-0.4, -0.2) is 23.3 Å². The number of carbonyl (C=O) groups excluding carboxylic acids is 2. The molecule has 0 radical (unpaired) electrons. The quantitative estimate of drug-likeness (QED) is 0.794. The van der Waals surface area contributed by atoms with E-state index in [9.17, 15) is 9.59 Å². The summed E-state index contributed by atoms with van der Waals surface area (Å²) in [6, 6.07) is 13.2. The molecule has 0 atom stereocenters. The first-order valence-electron chi connectivity index (χ1n) is 6.90. The summed E-state index contributed by atoms with van der Waals surface area (Å²) in [5, 5.41) is 5.27. The zero-order chi connectivity index (χ0) is 15.6. The van der Waals surface area contributed by atoms with Crippen molar-refractivity contribution >= 4 is 17.9 Å². The molecule has 0 bridgehead atoms. The molecular weight excluding hydrogens is 278 g/mol. The van der Waals surface area contributed by atoms with Gasteiger partial charge in [0.1, 0.15) is 0 Å². The lowest BCUT2D eigenvalue weighted by Gasteiger charge is -2.05. The van der Waals surface area contributed by atoms with E-state index in [1.165, 1.54) is 6.08 Å². The van der Waals surface area contributed by atoms with Gasteiger partial charge in [-0.3, -0.25) is 14.6 Å². The number of hydrogen-bond donors (Lipinski definition) is 2. The monoisotopic (exact) mass is 295 g/mol. The Morgan fingerprint density at radius 3 is 2.59 bits per heavy atom. The predicted molar refractivity (Wildman–Crippen MR) is 84.6 cm³/mol. The molecule has 22 heavy (non-hydrogen) atoms. The minimum atomic E-state index is -0.321. The van der Waals surface area contributed by atoms with Crippen LogP contribution in [0.1, 0.15) is 11.1 Å². The van der Waals surface area contributed by atoms with E-state index in [1.54, 1.807) is 24.5 Å². The number of benzene rings is 1. The van der Waals surface area contributed by atoms with Gasteiger partial charge in [-0.2, -0.15) is 0 Å². The molecule has 2 amide bonds. The summed E-state index contributed by atoms with van der Waals surface area (Å²) in [5.41, 5.74) is 1.84. The van der Waals surface area contributed by atoms with Crippen molar-refractivity contribution in [3.8, 4) is 0 Å². The maximum atomic E-state index is 11.6. The van der Waals surface area contributed by atoms with E-state index in [-0.39, 0.29) is 18.4 Å². The fourth-order valence-corrected chi connectivity index (χ4v) is 1.73. The molecule has 1 aromatic carbocycles. The number of amides is 2. The molecule has 112 valence electrons. The van der Waals surface area contributed by atoms with Crippen molar-refractivity contribution in [2.45, 2.75) is 6.54 Å². The van der Waals surface area contributed by atoms with Gasteiger partial charge in [-0.15, -0.1) is 0 Å². The number of pyridine rings is 1. The smallest absolute Gasteiger partial charge is 0.244 e. The van der Waals surface area contributed by atoms with E-state index in [1.807, 2.05) is 36.4 Å². The van der Waals surface area contributed by atoms with Crippen molar-refractivity contribution in [2.75, 3.05) is 6.54 Å². The zero-order valence-corrected chi connectivity index (χ0v) is 12.0. The fourth-order valence-electron chi connectivity index (χ4n) is 1.73. The normalized spacial score (nSPS) is 10.4. The highest BCUT2D eigenvalue weighted by molar-refractivity contribution is 5.94. The van der Waals surface area contributed by atoms with Gasteiger partial charge in [0, 0.05) is 25.0 Å². The average molecular weight is 295 g/mol. The van der Waals surface area contributed by atoms with Gasteiger partial charge in [-0.25, -0.2) is 0 Å². The Kier molecular flexibility index (Phi) is 5.87. The summed E-state index contributed by atoms with van der Waals surface area (Å²) in [7, 11) is 0. The van der Waals surface area contributed by atoms with Gasteiger partial charge in [0.15, 0.2) is 0 Å². The molecule has 0 fully saturated rings. The summed E-state index contributed by atoms with van der Waals surface area (Å²) < 4.78 is 0. The number of aromatic nitrogens is 1. The van der Waals surface area contributed by atoms with E-state index in [0.29, 0.717) is 6.54 Å². The molecule has 0 aliphatic rings. The van der Waals surface area contributed by atoms with Crippen LogP contribution < -0.4 is 10.6 Å². The van der Waals surface area contributed by atoms with E-state index >= 15 is 0 Å². The molecule has 0 aliphatic carbocycles. The van der Waals surface area contributed by atoms with Crippen LogP contribution in [0.15, 0.2) is 60.9 Å². The van der Waals surface area contributed by atoms with Crippen LogP contribution in [0.5, 0.6) is 0 Å². The Morgan fingerprint density at radius 2 is 1.86 bits per heavy atom. The van der Waals surface area contributed by atoms with Crippen LogP contribution >= 0.6 is 0 Å². The van der Waals surface area contributed by atoms with Gasteiger partial charge >= 0.3 is 0 Å². The van der Waals surface area contributed by atoms with Crippen molar-refractivity contribution < 1.29 is 9.59 Å². The van der Waals surface area contributed by atoms with E-state index in [2.05, 4.69) is 15.6 Å². The van der Waals surface area contributed by atoms with E-state index < -0.39 is 0 Å². The van der Waals surface area contributed by atoms with Crippen LogP contribution in [0, 0.1) is 0 Å². The molecule has 1 aromatic heterocycles. The van der Waals surface area contributed by atoms with E-state index in [0.717, 1.165) is 11.1 Å². The number of nitrogens with zero attached hydrogens (tertiary/aromatic N) is 1. The number of carbonyl (C=O) groups is 2. The van der Waals surface area contributed by atoms with Gasteiger partial charge in [0.05, 0.1) is 6.54 Å². The largest absolute Gasteiger partial charge is 0.350 e. The highest BCUT2D eigenvalue weighted by Crippen LogP contribution is 1.98. The molecule has 5 heteroatoms. The average Bonchev–Trinajstić information content (AvgIpc) is 2.58. The third-order valence-electron chi connectivity index (χ3n) is 2.87. The highest BCUT2D eigenvalue weighted by Gasteiger charge is 2.02. The molecule has 2 rings (SSSR count). The van der Waals surface area contributed by atoms with Crippen molar-refractivity contribution in [3.63, 3.8) is 0 Å². The molecule has 2 aromatic rings. The first-order valence-corrected chi connectivity index (χ1v) is 6.90. The molecule has 0 unspecified atom stereocenters. The number of nitrogens with one attached hydrogen (secondary N) is 2. The van der Waals surface area contributed by atoms with Gasteiger partial charge in [-0.05, 0) is 23.3 Å². The third-order valence-corrected chi connectivity index (χ3v) is 2.87. The summed E-state index contributed by atoms with van der Waals surface area (Å²) in [5.74, 6) is -0.550. The van der Waals surface area contributed by atoms with Gasteiger partial charge in [0.2, 0.25) is 11.8 Å². The topological polar surface area (TPSA) is 71.1 Å². The molecule has 0 saturated carbocycles. The lowest BCUT2D eigenvalue weighted by atomic mass is 10.2. The van der Waals surface area contributed by atoms with E-state index in [4.69, 9.17) is 0 Å². The van der Waals surface area contributed by atoms with Crippen LogP contribution in [0.2, 0.25) is 0 Å². The molecule has 1 heterocycles. The summed E-state index contributed by atoms with van der Waals surface area (Å²) in [4.78, 5) is 27.2. The zero-order valence-electron chi connectivity index (χ0n) is 12.0. The lowest BCUT2D eigenvalue weighted by molar-refractivity contribution is -0.124. The molecule has 2 N–H and O–H groups in total. The lowest BCUT2D eigenvalue weighted by Crippen LogP contribution is -2.35. The van der Waals surface area contributed by atoms with Crippen LogP contribution in [0.4, 0.5) is 0 Å². The molecule has 0 aliphatic heterocycles. The molecule has 0 saturated heterocycles. The predicted octanol–water partition coefficient (Wildman–Crippen LogP) is 1.53. The summed E-state index contributed by atoms with van der Waals surface area (Å²) >= 11 is 0. The standard InChI is InChI=1S/C17H17N3O2/c21-16(9-8-15-7-4-10-18-11-15)20-13-17(22)19-12-14-5-2-1-3-6-14/h1-11H,12-13H2,(H,19,22)(H,20,21). The maximum Gasteiger partial charge on any atom is 0.244 e. The Labute approximate surface area is 129 Å². The highest BCUT2D eigenvalue weighted by atomic mass is 16.2. The van der Waals surface area contributed by atoms with Crippen LogP contribution in [0.25, 0.3) is 6.08 Å². The summed E-state index contributed by atoms with van der Waals surface area (Å²) in [6.45, 7) is 0.393. The van der Waals surface area contributed by atoms with Crippen molar-refractivity contribution in [2.24, 2.45) is 0 Å². The van der Waals surface area contributed by atoms with Crippen LogP contribution in [-0.2, 0) is 16.1 Å². The Balaban J connectivity index is 1.69. The van der Waals surface area contributed by atoms with Crippen LogP contribution in [0.3, 0.4) is 0 Å². The molecule has 0 spiro atoms. The van der Waals surface area contributed by atoms with Gasteiger partial charge < -0.3 is 10.6 Å². The first kappa shape index (κ1) is 15.4. The number of rotatable bonds is 6. The Hall–Kier alpha value is -2.95. The van der Waals surface area contributed by atoms with Crippen molar-refractivity contribution in [1.82, 2.24) is 15.6 Å². The Morgan fingerprint density at radius 1 is 1.05 bits per heavy atom. The minimum Gasteiger partial charge on any atom is -0.350 e. The fraction of sp³-hybridized carbons (Fsp3) is 0.118. The van der Waals surface area contributed by atoms with Gasteiger partial charge in [-0.1, -0.05) is 36.4 Å². The maximum absolute atomic E-state index is 11.6. The van der Waals surface area contributed by atoms with Gasteiger partial charge in [0.25, 0.3) is 0 Å². The minimum absolute atomic E-state index is 0.0525. The second kappa shape index (κ2) is 8.36. The number of hydrogen-bond acceptors (Lipinski definition) is 3. The SMILES string of the molecule is O=C(C=Cc1cccnc1)NCC(=O)NCc1ccccc1. The summed E-state index contributed by atoms with van der Waals surface area (Å²) in [6.07, 6.45) is 6.33. The third kappa shape index (κ3) is 5.58. The molecular formula is C17H17N3O2. The molecule has 5 nitrogen and oxygen atoms in total. The first-order chi connectivity index (χ1) is 10.7. The van der Waals surface area contributed by atoms with Crippen molar-refractivity contribution in [1.29, 1.82) is 0 Å². The Bertz CT molecular complexity index is 639.